The van der Waals surface area contributed by atoms with Crippen molar-refractivity contribution in [3.63, 3.8) is 0 Å². The summed E-state index contributed by atoms with van der Waals surface area (Å²) in [6.07, 6.45) is 0.961. The van der Waals surface area contributed by atoms with E-state index in [4.69, 9.17) is 5.26 Å². The zero-order chi connectivity index (χ0) is 16.7. The lowest BCUT2D eigenvalue weighted by Crippen LogP contribution is -2.25. The summed E-state index contributed by atoms with van der Waals surface area (Å²) >= 11 is 0. The van der Waals surface area contributed by atoms with Crippen molar-refractivity contribution in [2.24, 2.45) is 0 Å². The standard InChI is InChI=1S/C17H15N3O3/c18-11-9-13-3-1-2-4-14(13)10-12-19-17(21)15-5-7-16(8-6-15)20(22)23/h1-8H,9-10,12H2,(H,19,21). The molecule has 0 bridgehead atoms. The van der Waals surface area contributed by atoms with Gasteiger partial charge in [-0.3, -0.25) is 14.9 Å². The number of non-ortho nitro benzene ring substituents is 1. The molecule has 6 nitrogen and oxygen atoms in total. The molecule has 6 heteroatoms. The molecular formula is C17H15N3O3. The van der Waals surface area contributed by atoms with E-state index in [1.807, 2.05) is 24.3 Å². The highest BCUT2D eigenvalue weighted by atomic mass is 16.6. The molecule has 0 aliphatic heterocycles. The Labute approximate surface area is 133 Å². The summed E-state index contributed by atoms with van der Waals surface area (Å²) < 4.78 is 0. The fraction of sp³-hybridized carbons (Fsp3) is 0.176. The van der Waals surface area contributed by atoms with Gasteiger partial charge in [-0.15, -0.1) is 0 Å². The number of nitrogens with zero attached hydrogens (tertiary/aromatic N) is 2. The monoisotopic (exact) mass is 309 g/mol. The summed E-state index contributed by atoms with van der Waals surface area (Å²) in [4.78, 5) is 22.1. The quantitative estimate of drug-likeness (QED) is 0.655. The molecule has 2 rings (SSSR count). The Hall–Kier alpha value is -3.20. The molecule has 0 aromatic heterocycles. The van der Waals surface area contributed by atoms with Crippen molar-refractivity contribution in [1.82, 2.24) is 5.32 Å². The van der Waals surface area contributed by atoms with Crippen LogP contribution in [0, 0.1) is 21.4 Å². The van der Waals surface area contributed by atoms with Gasteiger partial charge < -0.3 is 5.32 Å². The third-order valence-electron chi connectivity index (χ3n) is 3.41. The van der Waals surface area contributed by atoms with E-state index in [0.717, 1.165) is 11.1 Å². The molecule has 0 radical (unpaired) electrons. The molecule has 0 saturated heterocycles. The fourth-order valence-electron chi connectivity index (χ4n) is 2.21. The second-order valence-electron chi connectivity index (χ2n) is 4.91. The Balaban J connectivity index is 1.92. The number of nitro groups is 1. The molecule has 0 atom stereocenters. The molecule has 2 aromatic rings. The third-order valence-corrected chi connectivity index (χ3v) is 3.41. The Morgan fingerprint density at radius 2 is 1.78 bits per heavy atom. The molecule has 0 aliphatic carbocycles. The van der Waals surface area contributed by atoms with E-state index in [2.05, 4.69) is 11.4 Å². The summed E-state index contributed by atoms with van der Waals surface area (Å²) in [6.45, 7) is 0.429. The van der Waals surface area contributed by atoms with Crippen LogP contribution in [0.3, 0.4) is 0 Å². The number of hydrogen-bond donors (Lipinski definition) is 1. The summed E-state index contributed by atoms with van der Waals surface area (Å²) in [7, 11) is 0. The summed E-state index contributed by atoms with van der Waals surface area (Å²) in [5.74, 6) is -0.280. The minimum Gasteiger partial charge on any atom is -0.352 e. The number of nitrogens with one attached hydrogen (secondary N) is 1. The number of rotatable bonds is 6. The molecule has 1 amide bonds. The van der Waals surface area contributed by atoms with Crippen LogP contribution in [0.4, 0.5) is 5.69 Å². The average molecular weight is 309 g/mol. The van der Waals surface area contributed by atoms with Crippen LogP contribution < -0.4 is 5.32 Å². The molecule has 0 unspecified atom stereocenters. The maximum atomic E-state index is 12.0. The highest BCUT2D eigenvalue weighted by Gasteiger charge is 2.09. The van der Waals surface area contributed by atoms with Crippen LogP contribution in [0.15, 0.2) is 48.5 Å². The number of hydrogen-bond acceptors (Lipinski definition) is 4. The first-order valence-corrected chi connectivity index (χ1v) is 7.08. The fourth-order valence-corrected chi connectivity index (χ4v) is 2.21. The second kappa shape index (κ2) is 7.71. The molecule has 0 heterocycles. The maximum Gasteiger partial charge on any atom is 0.269 e. The molecule has 0 saturated carbocycles. The van der Waals surface area contributed by atoms with Crippen molar-refractivity contribution in [3.8, 4) is 6.07 Å². The molecular weight excluding hydrogens is 294 g/mol. The maximum absolute atomic E-state index is 12.0. The summed E-state index contributed by atoms with van der Waals surface area (Å²) in [6, 6.07) is 15.2. The van der Waals surface area contributed by atoms with Gasteiger partial charge >= 0.3 is 0 Å². The van der Waals surface area contributed by atoms with Crippen LogP contribution >= 0.6 is 0 Å². The van der Waals surface area contributed by atoms with Gasteiger partial charge in [-0.2, -0.15) is 5.26 Å². The summed E-state index contributed by atoms with van der Waals surface area (Å²) in [5, 5.41) is 22.2. The predicted octanol–water partition coefficient (Wildman–Crippen LogP) is 2.63. The molecule has 2 aromatic carbocycles. The van der Waals surface area contributed by atoms with Crippen molar-refractivity contribution in [2.75, 3.05) is 6.54 Å². The summed E-state index contributed by atoms with van der Waals surface area (Å²) in [5.41, 5.74) is 2.31. The molecule has 0 fully saturated rings. The van der Waals surface area contributed by atoms with Crippen LogP contribution in [0.5, 0.6) is 0 Å². The Morgan fingerprint density at radius 1 is 1.13 bits per heavy atom. The Kier molecular flexibility index (Phi) is 5.42. The first-order chi connectivity index (χ1) is 11.1. The minimum absolute atomic E-state index is 0.0491. The molecule has 23 heavy (non-hydrogen) atoms. The van der Waals surface area contributed by atoms with Gasteiger partial charge in [0.2, 0.25) is 0 Å². The third kappa shape index (κ3) is 4.38. The van der Waals surface area contributed by atoms with Crippen molar-refractivity contribution in [3.05, 3.63) is 75.3 Å². The van der Waals surface area contributed by atoms with Gasteiger partial charge in [-0.1, -0.05) is 24.3 Å². The molecule has 1 N–H and O–H groups in total. The predicted molar refractivity (Wildman–Crippen MR) is 84.9 cm³/mol. The number of carbonyl (C=O) groups excluding carboxylic acids is 1. The van der Waals surface area contributed by atoms with Crippen molar-refractivity contribution >= 4 is 11.6 Å². The Morgan fingerprint density at radius 3 is 2.39 bits per heavy atom. The first-order valence-electron chi connectivity index (χ1n) is 7.08. The topological polar surface area (TPSA) is 96.0 Å². The number of amides is 1. The highest BCUT2D eigenvalue weighted by molar-refractivity contribution is 5.94. The lowest BCUT2D eigenvalue weighted by molar-refractivity contribution is -0.384. The number of carbonyl (C=O) groups is 1. The number of benzene rings is 2. The van der Waals surface area contributed by atoms with E-state index < -0.39 is 4.92 Å². The van der Waals surface area contributed by atoms with Gasteiger partial charge in [0.15, 0.2) is 0 Å². The van der Waals surface area contributed by atoms with Crippen molar-refractivity contribution < 1.29 is 9.72 Å². The van der Waals surface area contributed by atoms with Gasteiger partial charge in [-0.05, 0) is 29.7 Å². The van der Waals surface area contributed by atoms with E-state index in [0.29, 0.717) is 24.9 Å². The van der Waals surface area contributed by atoms with Gasteiger partial charge in [-0.25, -0.2) is 0 Å². The van der Waals surface area contributed by atoms with Crippen LogP contribution in [-0.4, -0.2) is 17.4 Å². The van der Waals surface area contributed by atoms with E-state index in [-0.39, 0.29) is 11.6 Å². The van der Waals surface area contributed by atoms with E-state index in [1.54, 1.807) is 0 Å². The molecule has 116 valence electrons. The highest BCUT2D eigenvalue weighted by Crippen LogP contribution is 2.12. The van der Waals surface area contributed by atoms with Crippen LogP contribution in [0.2, 0.25) is 0 Å². The lowest BCUT2D eigenvalue weighted by Gasteiger charge is -2.08. The van der Waals surface area contributed by atoms with Crippen molar-refractivity contribution in [1.29, 1.82) is 5.26 Å². The largest absolute Gasteiger partial charge is 0.352 e. The first kappa shape index (κ1) is 16.2. The average Bonchev–Trinajstić information content (AvgIpc) is 2.56. The van der Waals surface area contributed by atoms with Crippen LogP contribution in [0.1, 0.15) is 21.5 Å². The van der Waals surface area contributed by atoms with E-state index in [1.165, 1.54) is 24.3 Å². The minimum atomic E-state index is -0.506. The molecule has 0 spiro atoms. The Bertz CT molecular complexity index is 748. The van der Waals surface area contributed by atoms with Crippen molar-refractivity contribution in [2.45, 2.75) is 12.8 Å². The normalized spacial score (nSPS) is 9.87. The van der Waals surface area contributed by atoms with Gasteiger partial charge in [0, 0.05) is 24.2 Å². The van der Waals surface area contributed by atoms with E-state index in [9.17, 15) is 14.9 Å². The number of nitriles is 1. The van der Waals surface area contributed by atoms with Crippen LogP contribution in [-0.2, 0) is 12.8 Å². The lowest BCUT2D eigenvalue weighted by atomic mass is 10.0. The zero-order valence-electron chi connectivity index (χ0n) is 12.4. The SMILES string of the molecule is N#CCc1ccccc1CCNC(=O)c1ccc([N+](=O)[O-])cc1. The molecule has 0 aliphatic rings. The number of nitro benzene ring substituents is 1. The zero-order valence-corrected chi connectivity index (χ0v) is 12.4. The van der Waals surface area contributed by atoms with Gasteiger partial charge in [0.1, 0.15) is 0 Å². The smallest absolute Gasteiger partial charge is 0.269 e. The second-order valence-corrected chi connectivity index (χ2v) is 4.91. The van der Waals surface area contributed by atoms with E-state index >= 15 is 0 Å². The van der Waals surface area contributed by atoms with Gasteiger partial charge in [0.05, 0.1) is 17.4 Å². The van der Waals surface area contributed by atoms with Gasteiger partial charge in [0.25, 0.3) is 11.6 Å². The van der Waals surface area contributed by atoms with Crippen LogP contribution in [0.25, 0.3) is 0 Å².